The number of halogens is 2. The maximum atomic E-state index is 13.6. The van der Waals surface area contributed by atoms with Crippen LogP contribution in [0.15, 0.2) is 29.5 Å². The Morgan fingerprint density at radius 2 is 2.12 bits per heavy atom. The smallest absolute Gasteiger partial charge is 0.312 e. The zero-order chi connectivity index (χ0) is 19.5. The van der Waals surface area contributed by atoms with Crippen molar-refractivity contribution in [3.8, 4) is 6.07 Å². The molecule has 1 aliphatic rings. The molecule has 6 heteroatoms. The van der Waals surface area contributed by atoms with Crippen LogP contribution in [-0.2, 0) is 4.79 Å². The van der Waals surface area contributed by atoms with E-state index < -0.39 is 23.1 Å². The largest absolute Gasteiger partial charge is 0.481 e. The highest BCUT2D eigenvalue weighted by Crippen LogP contribution is 2.53. The predicted molar refractivity (Wildman–Crippen MR) is 99.3 cm³/mol. The Morgan fingerprint density at radius 3 is 2.62 bits per heavy atom. The molecule has 1 aromatic carbocycles. The standard InChI is InChI=1S/C20H24ClFN2O2/c1-4-6-17-20(9-5-2,19(25)26)18(15(11-23)12(3)24-17)14-8-7-13(22)10-16(14)21/h7-8,10,17-18,24H,4-6,9H2,1-3H3,(H,25,26). The highest BCUT2D eigenvalue weighted by atomic mass is 35.5. The van der Waals surface area contributed by atoms with E-state index >= 15 is 0 Å². The number of carboxylic acid groups (broad SMARTS) is 1. The van der Waals surface area contributed by atoms with E-state index in [2.05, 4.69) is 11.4 Å². The van der Waals surface area contributed by atoms with Crippen LogP contribution in [-0.4, -0.2) is 17.1 Å². The summed E-state index contributed by atoms with van der Waals surface area (Å²) in [5.41, 5.74) is 0.269. The van der Waals surface area contributed by atoms with Gasteiger partial charge in [0.15, 0.2) is 0 Å². The van der Waals surface area contributed by atoms with Crippen molar-refractivity contribution in [1.82, 2.24) is 5.32 Å². The van der Waals surface area contributed by atoms with Gasteiger partial charge in [-0.15, -0.1) is 0 Å². The number of allylic oxidation sites excluding steroid dienone is 2. The number of carbonyl (C=O) groups is 1. The Bertz CT molecular complexity index is 772. The summed E-state index contributed by atoms with van der Waals surface area (Å²) in [5, 5.41) is 23.5. The van der Waals surface area contributed by atoms with Crippen LogP contribution in [0, 0.1) is 22.6 Å². The number of nitriles is 1. The second-order valence-electron chi connectivity index (χ2n) is 6.83. The number of nitrogens with zero attached hydrogens (tertiary/aromatic N) is 1. The quantitative estimate of drug-likeness (QED) is 0.730. The van der Waals surface area contributed by atoms with Gasteiger partial charge in [0.25, 0.3) is 0 Å². The lowest BCUT2D eigenvalue weighted by Crippen LogP contribution is -2.56. The minimum Gasteiger partial charge on any atom is -0.481 e. The van der Waals surface area contributed by atoms with Crippen LogP contribution in [0.3, 0.4) is 0 Å². The summed E-state index contributed by atoms with van der Waals surface area (Å²) >= 11 is 6.30. The van der Waals surface area contributed by atoms with Gasteiger partial charge in [0.05, 0.1) is 17.1 Å². The molecular weight excluding hydrogens is 355 g/mol. The second kappa shape index (κ2) is 8.09. The first-order valence-corrected chi connectivity index (χ1v) is 9.26. The molecule has 4 nitrogen and oxygen atoms in total. The number of hydrogen-bond acceptors (Lipinski definition) is 3. The van der Waals surface area contributed by atoms with Crippen molar-refractivity contribution in [2.75, 3.05) is 0 Å². The number of rotatable bonds is 6. The zero-order valence-corrected chi connectivity index (χ0v) is 16.0. The van der Waals surface area contributed by atoms with Crippen LogP contribution >= 0.6 is 11.6 Å². The van der Waals surface area contributed by atoms with E-state index in [1.54, 1.807) is 6.92 Å². The Labute approximate surface area is 158 Å². The van der Waals surface area contributed by atoms with Crippen LogP contribution < -0.4 is 5.32 Å². The molecule has 3 unspecified atom stereocenters. The van der Waals surface area contributed by atoms with Crippen molar-refractivity contribution in [2.45, 2.75) is 58.4 Å². The normalized spacial score (nSPS) is 25.5. The molecule has 0 bridgehead atoms. The summed E-state index contributed by atoms with van der Waals surface area (Å²) in [7, 11) is 0. The van der Waals surface area contributed by atoms with Gasteiger partial charge < -0.3 is 10.4 Å². The van der Waals surface area contributed by atoms with E-state index in [0.717, 1.165) is 6.42 Å². The van der Waals surface area contributed by atoms with Gasteiger partial charge in [0, 0.05) is 22.7 Å². The zero-order valence-electron chi connectivity index (χ0n) is 15.3. The molecule has 2 N–H and O–H groups in total. The molecule has 0 spiro atoms. The molecule has 1 heterocycles. The second-order valence-corrected chi connectivity index (χ2v) is 7.24. The van der Waals surface area contributed by atoms with E-state index in [9.17, 15) is 19.6 Å². The molecular formula is C20H24ClFN2O2. The van der Waals surface area contributed by atoms with Crippen LogP contribution in [0.25, 0.3) is 0 Å². The third-order valence-electron chi connectivity index (χ3n) is 5.25. The van der Waals surface area contributed by atoms with Crippen LogP contribution in [0.1, 0.15) is 57.9 Å². The van der Waals surface area contributed by atoms with Crippen molar-refractivity contribution in [3.63, 3.8) is 0 Å². The van der Waals surface area contributed by atoms with Crippen molar-refractivity contribution < 1.29 is 14.3 Å². The molecule has 1 aromatic rings. The highest BCUT2D eigenvalue weighted by Gasteiger charge is 2.56. The summed E-state index contributed by atoms with van der Waals surface area (Å²) in [4.78, 5) is 12.6. The number of benzene rings is 1. The lowest BCUT2D eigenvalue weighted by molar-refractivity contribution is -0.153. The van der Waals surface area contributed by atoms with Crippen molar-refractivity contribution in [1.29, 1.82) is 5.26 Å². The molecule has 3 atom stereocenters. The molecule has 0 aliphatic carbocycles. The fourth-order valence-corrected chi connectivity index (χ4v) is 4.47. The third-order valence-corrected chi connectivity index (χ3v) is 5.58. The van der Waals surface area contributed by atoms with Crippen molar-refractivity contribution in [3.05, 3.63) is 45.9 Å². The van der Waals surface area contributed by atoms with Gasteiger partial charge in [-0.2, -0.15) is 5.26 Å². The molecule has 0 aromatic heterocycles. The summed E-state index contributed by atoms with van der Waals surface area (Å²) < 4.78 is 13.6. The molecule has 0 radical (unpaired) electrons. The van der Waals surface area contributed by atoms with E-state index in [4.69, 9.17) is 11.6 Å². The molecule has 0 fully saturated rings. The van der Waals surface area contributed by atoms with Crippen LogP contribution in [0.5, 0.6) is 0 Å². The van der Waals surface area contributed by atoms with Gasteiger partial charge in [0.2, 0.25) is 0 Å². The first kappa shape index (κ1) is 20.3. The summed E-state index contributed by atoms with van der Waals surface area (Å²) in [6.45, 7) is 5.70. The summed E-state index contributed by atoms with van der Waals surface area (Å²) in [6.07, 6.45) is 2.48. The van der Waals surface area contributed by atoms with Crippen molar-refractivity contribution in [2.24, 2.45) is 5.41 Å². The molecule has 1 aliphatic heterocycles. The number of aliphatic carboxylic acids is 1. The van der Waals surface area contributed by atoms with E-state index in [-0.39, 0.29) is 11.1 Å². The van der Waals surface area contributed by atoms with Crippen molar-refractivity contribution >= 4 is 17.6 Å². The maximum absolute atomic E-state index is 13.6. The van der Waals surface area contributed by atoms with Gasteiger partial charge in [-0.3, -0.25) is 4.79 Å². The Morgan fingerprint density at radius 1 is 1.42 bits per heavy atom. The SMILES string of the molecule is CCCC1NC(C)=C(C#N)C(c2ccc(F)cc2Cl)C1(CCC)C(=O)O. The first-order valence-electron chi connectivity index (χ1n) is 8.89. The molecule has 26 heavy (non-hydrogen) atoms. The molecule has 140 valence electrons. The fraction of sp³-hybridized carbons (Fsp3) is 0.500. The Kier molecular flexibility index (Phi) is 6.30. The molecule has 0 saturated carbocycles. The minimum atomic E-state index is -1.23. The average Bonchev–Trinajstić information content (AvgIpc) is 2.57. The third kappa shape index (κ3) is 3.31. The van der Waals surface area contributed by atoms with Gasteiger partial charge in [-0.25, -0.2) is 4.39 Å². The van der Waals surface area contributed by atoms with Gasteiger partial charge in [0.1, 0.15) is 5.82 Å². The van der Waals surface area contributed by atoms with Crippen LogP contribution in [0.4, 0.5) is 4.39 Å². The van der Waals surface area contributed by atoms with Gasteiger partial charge in [-0.1, -0.05) is 44.4 Å². The number of carboxylic acids is 1. The summed E-state index contributed by atoms with van der Waals surface area (Å²) in [6, 6.07) is 5.79. The monoisotopic (exact) mass is 378 g/mol. The number of nitrogens with one attached hydrogen (secondary N) is 1. The van der Waals surface area contributed by atoms with E-state index in [1.807, 2.05) is 13.8 Å². The Hall–Kier alpha value is -2.06. The van der Waals surface area contributed by atoms with E-state index in [0.29, 0.717) is 36.1 Å². The molecule has 0 saturated heterocycles. The lowest BCUT2D eigenvalue weighted by Gasteiger charge is -2.48. The average molecular weight is 379 g/mol. The predicted octanol–water partition coefficient (Wildman–Crippen LogP) is 5.00. The number of hydrogen-bond donors (Lipinski definition) is 2. The lowest BCUT2D eigenvalue weighted by atomic mass is 9.59. The topological polar surface area (TPSA) is 73.1 Å². The molecule has 0 amide bonds. The van der Waals surface area contributed by atoms with Gasteiger partial charge in [-0.05, 0) is 37.5 Å². The van der Waals surface area contributed by atoms with Gasteiger partial charge >= 0.3 is 5.97 Å². The van der Waals surface area contributed by atoms with Crippen LogP contribution in [0.2, 0.25) is 5.02 Å². The van der Waals surface area contributed by atoms with E-state index in [1.165, 1.54) is 18.2 Å². The summed E-state index contributed by atoms with van der Waals surface area (Å²) in [5.74, 6) is -2.18. The fourth-order valence-electron chi connectivity index (χ4n) is 4.19. The minimum absolute atomic E-state index is 0.148. The maximum Gasteiger partial charge on any atom is 0.312 e. The molecule has 2 rings (SSSR count). The Balaban J connectivity index is 2.82. The highest BCUT2D eigenvalue weighted by molar-refractivity contribution is 6.31. The first-order chi connectivity index (χ1) is 12.3.